The predicted octanol–water partition coefficient (Wildman–Crippen LogP) is 23.9. The number of hydrogen-bond donors (Lipinski definition) is 0. The van der Waals surface area contributed by atoms with E-state index in [2.05, 4.69) is 160 Å². The minimum atomic E-state index is -4.30. The predicted molar refractivity (Wildman–Crippen MR) is 403 cm³/mol. The van der Waals surface area contributed by atoms with Crippen LogP contribution in [0.1, 0.15) is 289 Å². The van der Waals surface area contributed by atoms with Gasteiger partial charge in [0.1, 0.15) is 34.1 Å². The van der Waals surface area contributed by atoms with E-state index < -0.39 is 16.7 Å². The Balaban J connectivity index is 0.000000568. The van der Waals surface area contributed by atoms with Crippen molar-refractivity contribution in [1.82, 2.24) is 55.2 Å². The molecular weight excluding hydrogens is 1410 g/mol. The molecule has 0 aromatic carbocycles. The van der Waals surface area contributed by atoms with E-state index in [1.807, 2.05) is 117 Å². The molecule has 0 fully saturated rings. The van der Waals surface area contributed by atoms with Crippen LogP contribution in [0, 0.1) is 49.1 Å². The molecule has 19 nitrogen and oxygen atoms in total. The summed E-state index contributed by atoms with van der Waals surface area (Å²) >= 11 is 14.8. The van der Waals surface area contributed by atoms with Gasteiger partial charge in [-0.15, -0.1) is 10.2 Å². The molecule has 10 rings (SSSR count). The van der Waals surface area contributed by atoms with E-state index in [1.165, 1.54) is 40.7 Å². The lowest BCUT2D eigenvalue weighted by atomic mass is 9.99. The standard InChI is InChI=1S/C9H10F3N.C9H10N2.C8H9BrClN.C8H10ClN.C8H10N2O2.C8H11N.C8H12O.C7H11NO.2C6H10N2O/c1-6(2)7-3-4-13-5-8(7)9(10,11)12;1-7(2)9-3-4-11-6-8(9)5-10;1-5(2)6-3-8(10)11-4-7(6)9;1-6(2)7-3-4-10-8(9)5-7;1-6(2)7-4-3-5-9-8(7)10(11)12;1-7(2)8-3-5-9-6-4-8;1-6(2)8-4-5-9-7(8)3;1-5(2)7-8-4-6(3)9-7;1-4(2)6-8-7-5(3)9-6;1-4(2)6-7-5(3)8-9-6/h3-6H,1-2H3;3-4,6-7H,1-2H3;3-5H,1-2H3;3-6H,1-2H3;3-6H,1-2H3;3-7H,1-2H3;4-6H,1-3H3;4-5H,1-3H3;2*4H,1-3H3. The zero-order valence-electron chi connectivity index (χ0n) is 63.4. The molecule has 0 aliphatic heterocycles. The highest BCUT2D eigenvalue weighted by molar-refractivity contribution is 9.10. The fraction of sp³-hybridized carbons (Fsp3) is 0.455. The van der Waals surface area contributed by atoms with Crippen LogP contribution in [0.3, 0.4) is 0 Å². The van der Waals surface area contributed by atoms with E-state index in [4.69, 9.17) is 46.2 Å². The lowest BCUT2D eigenvalue weighted by molar-refractivity contribution is -0.390. The van der Waals surface area contributed by atoms with E-state index in [0.29, 0.717) is 97.8 Å². The van der Waals surface area contributed by atoms with E-state index >= 15 is 0 Å². The Morgan fingerprint density at radius 3 is 1.38 bits per heavy atom. The minimum Gasteiger partial charge on any atom is -0.469 e. The molecule has 554 valence electrons. The van der Waals surface area contributed by atoms with Crippen LogP contribution in [-0.2, 0) is 6.18 Å². The van der Waals surface area contributed by atoms with Gasteiger partial charge in [0.25, 0.3) is 0 Å². The first kappa shape index (κ1) is 91.4. The van der Waals surface area contributed by atoms with Crippen LogP contribution < -0.4 is 0 Å². The second kappa shape index (κ2) is 47.6. The molecule has 10 aromatic rings. The highest BCUT2D eigenvalue weighted by atomic mass is 79.9. The normalized spacial score (nSPS) is 10.6. The average Bonchev–Trinajstić information content (AvgIpc) is 0.966. The molecule has 0 saturated carbocycles. The fourth-order valence-electron chi connectivity index (χ4n) is 8.28. The summed E-state index contributed by atoms with van der Waals surface area (Å²) in [7, 11) is 0. The molecule has 0 unspecified atom stereocenters. The molecule has 0 atom stereocenters. The molecule has 102 heavy (non-hydrogen) atoms. The maximum absolute atomic E-state index is 12.4. The highest BCUT2D eigenvalue weighted by Gasteiger charge is 2.34. The van der Waals surface area contributed by atoms with Gasteiger partial charge in [-0.1, -0.05) is 167 Å². The van der Waals surface area contributed by atoms with Crippen LogP contribution in [0.15, 0.2) is 151 Å². The molecule has 10 aromatic heterocycles. The van der Waals surface area contributed by atoms with Crippen molar-refractivity contribution in [2.45, 2.75) is 232 Å². The van der Waals surface area contributed by atoms with Crippen LogP contribution in [0.25, 0.3) is 0 Å². The molecule has 0 amide bonds. The van der Waals surface area contributed by atoms with Gasteiger partial charge in [0.2, 0.25) is 17.7 Å². The Kier molecular flexibility index (Phi) is 42.6. The van der Waals surface area contributed by atoms with Gasteiger partial charge >= 0.3 is 12.0 Å². The van der Waals surface area contributed by atoms with Crippen molar-refractivity contribution >= 4 is 44.9 Å². The molecule has 0 spiro atoms. The third kappa shape index (κ3) is 35.8. The Bertz CT molecular complexity index is 3890. The molecule has 0 aliphatic carbocycles. The van der Waals surface area contributed by atoms with E-state index in [0.717, 1.165) is 33.6 Å². The summed E-state index contributed by atoms with van der Waals surface area (Å²) in [6, 6.07) is 20.7. The quantitative estimate of drug-likeness (QED) is 0.0662. The Morgan fingerprint density at radius 2 is 1.05 bits per heavy atom. The largest absolute Gasteiger partial charge is 0.469 e. The van der Waals surface area contributed by atoms with Gasteiger partial charge in [-0.3, -0.25) is 15.0 Å². The van der Waals surface area contributed by atoms with Crippen molar-refractivity contribution in [2.75, 3.05) is 0 Å². The summed E-state index contributed by atoms with van der Waals surface area (Å²) in [6.07, 6.45) is 13.3. The second-order valence-electron chi connectivity index (χ2n) is 26.1. The molecule has 25 heteroatoms. The number of hydrogen-bond acceptors (Lipinski definition) is 18. The third-order valence-electron chi connectivity index (χ3n) is 14.0. The van der Waals surface area contributed by atoms with Crippen molar-refractivity contribution < 1.29 is 35.9 Å². The molecule has 0 saturated heterocycles. The van der Waals surface area contributed by atoms with Gasteiger partial charge in [-0.25, -0.2) is 15.0 Å². The number of nitrogens with zero attached hydrogens (tertiary/aromatic N) is 13. The molecule has 0 bridgehead atoms. The Hall–Kier alpha value is -8.59. The smallest absolute Gasteiger partial charge is 0.418 e. The number of oxazole rings is 1. The number of pyridine rings is 6. The van der Waals surface area contributed by atoms with E-state index in [9.17, 15) is 23.3 Å². The molecule has 0 aliphatic rings. The number of alkyl halides is 3. The highest BCUT2D eigenvalue weighted by Crippen LogP contribution is 2.34. The van der Waals surface area contributed by atoms with Crippen molar-refractivity contribution in [3.8, 4) is 6.07 Å². The summed E-state index contributed by atoms with van der Waals surface area (Å²) in [4.78, 5) is 40.9. The monoisotopic (exact) mass is 1510 g/mol. The molecule has 10 heterocycles. The molecule has 0 N–H and O–H groups in total. The number of furan rings is 1. The summed E-state index contributed by atoms with van der Waals surface area (Å²) in [5.74, 6) is 9.19. The van der Waals surface area contributed by atoms with Gasteiger partial charge in [-0.2, -0.15) is 23.4 Å². The van der Waals surface area contributed by atoms with Gasteiger partial charge < -0.3 is 27.9 Å². The maximum Gasteiger partial charge on any atom is 0.418 e. The average molecular weight is 1510 g/mol. The van der Waals surface area contributed by atoms with Crippen molar-refractivity contribution in [3.05, 3.63) is 245 Å². The van der Waals surface area contributed by atoms with Crippen molar-refractivity contribution in [3.63, 3.8) is 0 Å². The Morgan fingerprint density at radius 1 is 0.520 bits per heavy atom. The van der Waals surface area contributed by atoms with Crippen LogP contribution in [0.5, 0.6) is 0 Å². The van der Waals surface area contributed by atoms with Gasteiger partial charge in [0.05, 0.1) is 29.2 Å². The van der Waals surface area contributed by atoms with Crippen molar-refractivity contribution in [2.24, 2.45) is 0 Å². The second-order valence-corrected chi connectivity index (χ2v) is 27.7. The number of aromatic nitrogens is 11. The summed E-state index contributed by atoms with van der Waals surface area (Å²) in [6.45, 7) is 48.3. The van der Waals surface area contributed by atoms with Gasteiger partial charge in [0, 0.05) is 78.7 Å². The number of aryl methyl sites for hydroxylation is 4. The number of nitro groups is 1. The van der Waals surface area contributed by atoms with Gasteiger partial charge in [0.15, 0.2) is 11.7 Å². The zero-order chi connectivity index (χ0) is 77.6. The maximum atomic E-state index is 12.4. The lowest BCUT2D eigenvalue weighted by Crippen LogP contribution is -2.10. The fourth-order valence-corrected chi connectivity index (χ4v) is 9.30. The van der Waals surface area contributed by atoms with Crippen LogP contribution in [-0.4, -0.2) is 60.1 Å². The van der Waals surface area contributed by atoms with Crippen LogP contribution in [0.4, 0.5) is 19.0 Å². The number of halogens is 6. The third-order valence-corrected chi connectivity index (χ3v) is 15.1. The van der Waals surface area contributed by atoms with E-state index in [-0.39, 0.29) is 17.7 Å². The van der Waals surface area contributed by atoms with Crippen LogP contribution >= 0.6 is 39.1 Å². The van der Waals surface area contributed by atoms with Crippen molar-refractivity contribution in [1.29, 1.82) is 5.26 Å². The van der Waals surface area contributed by atoms with Crippen LogP contribution in [0.2, 0.25) is 10.3 Å². The molecule has 0 radical (unpaired) electrons. The number of rotatable bonds is 11. The first-order valence-electron chi connectivity index (χ1n) is 33.6. The summed E-state index contributed by atoms with van der Waals surface area (Å²) in [5.41, 5.74) is 7.20. The Labute approximate surface area is 620 Å². The summed E-state index contributed by atoms with van der Waals surface area (Å²) < 4.78 is 58.5. The first-order chi connectivity index (χ1) is 47.7. The topological polar surface area (TPSA) is 261 Å². The van der Waals surface area contributed by atoms with Gasteiger partial charge in [-0.05, 0) is 182 Å². The lowest BCUT2D eigenvalue weighted by Gasteiger charge is -2.13. The summed E-state index contributed by atoms with van der Waals surface area (Å²) in [5, 5.41) is 31.4. The SMILES string of the molecule is CC(C)c1cc(Cl)ncc1Br.CC(C)c1cccnc1[N+](=O)[O-].CC(C)c1ccnc(Cl)c1.CC(C)c1ccncc1.CC(C)c1ccncc1C#N.CC(C)c1ccncc1C(F)(F)F.Cc1cnc(C(C)C)o1.Cc1nnc(C(C)C)o1.Cc1noc(C(C)C)n1.Cc1occc1C(C)C. The number of nitriles is 1. The zero-order valence-corrected chi connectivity index (χ0v) is 66.5. The minimum absolute atomic E-state index is 0.0347. The molecular formula is C77H103BrCl2F3N13O6. The van der Waals surface area contributed by atoms with E-state index in [1.54, 1.807) is 70.2 Å². The first-order valence-corrected chi connectivity index (χ1v) is 35.1.